The summed E-state index contributed by atoms with van der Waals surface area (Å²) in [5.74, 6) is 1.21. The summed E-state index contributed by atoms with van der Waals surface area (Å²) in [6.07, 6.45) is 7.47. The molecule has 4 rings (SSSR count). The first kappa shape index (κ1) is 19.5. The topological polar surface area (TPSA) is 63.8 Å². The fourth-order valence-electron chi connectivity index (χ4n) is 3.97. The van der Waals surface area contributed by atoms with E-state index >= 15 is 0 Å². The molecule has 0 bridgehead atoms. The maximum Gasteiger partial charge on any atom is 0.126 e. The third kappa shape index (κ3) is 5.39. The van der Waals surface area contributed by atoms with Crippen LogP contribution in [0.15, 0.2) is 60.8 Å². The SMILES string of the molecule is NC1CCC(Cc2cc(-c3cccc(NCc4cccc(F)c4)n3)ccn2)CC1. The van der Waals surface area contributed by atoms with Crippen LogP contribution >= 0.6 is 0 Å². The van der Waals surface area contributed by atoms with Crippen molar-refractivity contribution in [3.05, 3.63) is 77.9 Å². The molecule has 0 radical (unpaired) electrons. The summed E-state index contributed by atoms with van der Waals surface area (Å²) in [5, 5.41) is 3.28. The van der Waals surface area contributed by atoms with Gasteiger partial charge in [0.2, 0.25) is 0 Å². The molecule has 0 saturated heterocycles. The van der Waals surface area contributed by atoms with Crippen molar-refractivity contribution >= 4 is 5.82 Å². The van der Waals surface area contributed by atoms with E-state index in [2.05, 4.69) is 16.4 Å². The van der Waals surface area contributed by atoms with Crippen LogP contribution in [0.4, 0.5) is 10.2 Å². The van der Waals surface area contributed by atoms with E-state index in [4.69, 9.17) is 10.7 Å². The lowest BCUT2D eigenvalue weighted by molar-refractivity contribution is 0.323. The van der Waals surface area contributed by atoms with E-state index < -0.39 is 0 Å². The van der Waals surface area contributed by atoms with Crippen LogP contribution in [0.3, 0.4) is 0 Å². The normalized spacial score (nSPS) is 19.1. The second-order valence-corrected chi connectivity index (χ2v) is 7.91. The van der Waals surface area contributed by atoms with Crippen LogP contribution in [0.1, 0.15) is 36.9 Å². The van der Waals surface area contributed by atoms with Crippen LogP contribution in [-0.2, 0) is 13.0 Å². The van der Waals surface area contributed by atoms with Crippen molar-refractivity contribution in [1.29, 1.82) is 0 Å². The number of rotatable bonds is 6. The van der Waals surface area contributed by atoms with E-state index in [0.717, 1.165) is 47.6 Å². The van der Waals surface area contributed by atoms with Crippen LogP contribution in [-0.4, -0.2) is 16.0 Å². The highest BCUT2D eigenvalue weighted by Gasteiger charge is 2.19. The van der Waals surface area contributed by atoms with Gasteiger partial charge in [-0.1, -0.05) is 18.2 Å². The smallest absolute Gasteiger partial charge is 0.126 e. The highest BCUT2D eigenvalue weighted by atomic mass is 19.1. The summed E-state index contributed by atoms with van der Waals surface area (Å²) in [5.41, 5.74) is 10.00. The van der Waals surface area contributed by atoms with Crippen LogP contribution in [0.25, 0.3) is 11.3 Å². The Morgan fingerprint density at radius 3 is 2.66 bits per heavy atom. The number of halogens is 1. The standard InChI is InChI=1S/C24H27FN4/c25-20-4-1-3-18(13-20)16-28-24-6-2-5-23(29-24)19-11-12-27-22(15-19)14-17-7-9-21(26)10-8-17/h1-6,11-13,15,17,21H,7-10,14,16,26H2,(H,28,29). The molecule has 3 N–H and O–H groups in total. The number of nitrogens with one attached hydrogen (secondary N) is 1. The van der Waals surface area contributed by atoms with Gasteiger partial charge in [-0.15, -0.1) is 0 Å². The number of pyridine rings is 2. The molecule has 1 saturated carbocycles. The zero-order valence-electron chi connectivity index (χ0n) is 16.5. The second kappa shape index (κ2) is 9.14. The minimum absolute atomic E-state index is 0.227. The van der Waals surface area contributed by atoms with Crippen LogP contribution in [0.2, 0.25) is 0 Å². The lowest BCUT2D eigenvalue weighted by Crippen LogP contribution is -2.27. The van der Waals surface area contributed by atoms with Crippen molar-refractivity contribution in [2.75, 3.05) is 5.32 Å². The highest BCUT2D eigenvalue weighted by molar-refractivity contribution is 5.61. The Hall–Kier alpha value is -2.79. The van der Waals surface area contributed by atoms with Crippen LogP contribution in [0, 0.1) is 11.7 Å². The molecule has 1 aliphatic carbocycles. The first-order valence-corrected chi connectivity index (χ1v) is 10.3. The van der Waals surface area contributed by atoms with E-state index in [1.54, 1.807) is 6.07 Å². The van der Waals surface area contributed by atoms with E-state index in [1.165, 1.54) is 25.0 Å². The van der Waals surface area contributed by atoms with Crippen LogP contribution in [0.5, 0.6) is 0 Å². The molecule has 150 valence electrons. The summed E-state index contributed by atoms with van der Waals surface area (Å²) in [6.45, 7) is 0.527. The number of hydrogen-bond donors (Lipinski definition) is 2. The molecular weight excluding hydrogens is 363 g/mol. The van der Waals surface area contributed by atoms with E-state index in [1.807, 2.05) is 36.5 Å². The maximum absolute atomic E-state index is 13.3. The van der Waals surface area contributed by atoms with Crippen molar-refractivity contribution in [2.45, 2.75) is 44.7 Å². The lowest BCUT2D eigenvalue weighted by Gasteiger charge is -2.25. The van der Waals surface area contributed by atoms with E-state index in [9.17, 15) is 4.39 Å². The Morgan fingerprint density at radius 2 is 1.83 bits per heavy atom. The number of nitrogens with two attached hydrogens (primary N) is 1. The Kier molecular flexibility index (Phi) is 6.15. The molecule has 29 heavy (non-hydrogen) atoms. The van der Waals surface area contributed by atoms with E-state index in [-0.39, 0.29) is 5.82 Å². The van der Waals surface area contributed by atoms with Gasteiger partial charge in [-0.3, -0.25) is 4.98 Å². The molecule has 1 fully saturated rings. The molecule has 0 amide bonds. The first-order valence-electron chi connectivity index (χ1n) is 10.3. The molecule has 1 aromatic carbocycles. The number of aromatic nitrogens is 2. The molecule has 0 atom stereocenters. The minimum Gasteiger partial charge on any atom is -0.366 e. The third-order valence-corrected chi connectivity index (χ3v) is 5.61. The summed E-state index contributed by atoms with van der Waals surface area (Å²) in [4.78, 5) is 9.30. The minimum atomic E-state index is -0.227. The predicted octanol–water partition coefficient (Wildman–Crippen LogP) is 4.95. The molecule has 2 aromatic heterocycles. The molecule has 0 unspecified atom stereocenters. The molecule has 0 aliphatic heterocycles. The van der Waals surface area contributed by atoms with Crippen molar-refractivity contribution in [3.8, 4) is 11.3 Å². The van der Waals surface area contributed by atoms with Crippen LogP contribution < -0.4 is 11.1 Å². The Morgan fingerprint density at radius 1 is 1.00 bits per heavy atom. The van der Waals surface area contributed by atoms with Gasteiger partial charge in [0.05, 0.1) is 5.69 Å². The molecule has 3 aromatic rings. The average molecular weight is 391 g/mol. The molecular formula is C24H27FN4. The zero-order chi connectivity index (χ0) is 20.1. The Balaban J connectivity index is 1.43. The van der Waals surface area contributed by atoms with Crippen molar-refractivity contribution in [1.82, 2.24) is 9.97 Å². The van der Waals surface area contributed by atoms with Gasteiger partial charge in [-0.25, -0.2) is 9.37 Å². The predicted molar refractivity (Wildman–Crippen MR) is 115 cm³/mol. The monoisotopic (exact) mass is 390 g/mol. The van der Waals surface area contributed by atoms with Gasteiger partial charge in [0.1, 0.15) is 11.6 Å². The fraction of sp³-hybridized carbons (Fsp3) is 0.333. The summed E-state index contributed by atoms with van der Waals surface area (Å²) in [6, 6.07) is 17.0. The fourth-order valence-corrected chi connectivity index (χ4v) is 3.97. The summed E-state index contributed by atoms with van der Waals surface area (Å²) in [7, 11) is 0. The Labute approximate surface area is 171 Å². The van der Waals surface area contributed by atoms with Crippen molar-refractivity contribution in [2.24, 2.45) is 11.7 Å². The van der Waals surface area contributed by atoms with Crippen molar-refractivity contribution < 1.29 is 4.39 Å². The average Bonchev–Trinajstić information content (AvgIpc) is 2.74. The third-order valence-electron chi connectivity index (χ3n) is 5.61. The quantitative estimate of drug-likeness (QED) is 0.625. The van der Waals surface area contributed by atoms with Crippen molar-refractivity contribution in [3.63, 3.8) is 0 Å². The largest absolute Gasteiger partial charge is 0.366 e. The molecule has 5 heteroatoms. The molecule has 1 aliphatic rings. The van der Waals surface area contributed by atoms with Gasteiger partial charge >= 0.3 is 0 Å². The number of anilines is 1. The lowest BCUT2D eigenvalue weighted by atomic mass is 9.83. The summed E-state index contributed by atoms with van der Waals surface area (Å²) < 4.78 is 13.3. The molecule has 0 spiro atoms. The highest BCUT2D eigenvalue weighted by Crippen LogP contribution is 2.27. The molecule has 4 nitrogen and oxygen atoms in total. The first-order chi connectivity index (χ1) is 14.2. The van der Waals surface area contributed by atoms with Gasteiger partial charge in [0.15, 0.2) is 0 Å². The molecule has 2 heterocycles. The van der Waals surface area contributed by atoms with Gasteiger partial charge in [0, 0.05) is 30.0 Å². The van der Waals surface area contributed by atoms with E-state index in [0.29, 0.717) is 18.5 Å². The maximum atomic E-state index is 13.3. The zero-order valence-corrected chi connectivity index (χ0v) is 16.5. The van der Waals surface area contributed by atoms with Gasteiger partial charge in [-0.05, 0) is 80.0 Å². The Bertz CT molecular complexity index is 951. The van der Waals surface area contributed by atoms with Gasteiger partial charge in [-0.2, -0.15) is 0 Å². The number of benzene rings is 1. The summed E-state index contributed by atoms with van der Waals surface area (Å²) >= 11 is 0. The van der Waals surface area contributed by atoms with Gasteiger partial charge < -0.3 is 11.1 Å². The number of nitrogens with zero attached hydrogens (tertiary/aromatic N) is 2. The number of hydrogen-bond acceptors (Lipinski definition) is 4. The van der Waals surface area contributed by atoms with Gasteiger partial charge in [0.25, 0.3) is 0 Å². The second-order valence-electron chi connectivity index (χ2n) is 7.91.